The first-order valence-corrected chi connectivity index (χ1v) is 6.16. The number of carbonyl (C=O) groups excluding carboxylic acids is 1. The summed E-state index contributed by atoms with van der Waals surface area (Å²) in [7, 11) is 0. The van der Waals surface area contributed by atoms with E-state index in [9.17, 15) is 4.79 Å². The van der Waals surface area contributed by atoms with Crippen LogP contribution >= 0.6 is 11.3 Å². The number of thiazole rings is 1. The fourth-order valence-electron chi connectivity index (χ4n) is 1.46. The lowest BCUT2D eigenvalue weighted by atomic mass is 10.3. The largest absolute Gasteiger partial charge is 0.397 e. The minimum atomic E-state index is -0.145. The van der Waals surface area contributed by atoms with Gasteiger partial charge in [-0.3, -0.25) is 4.79 Å². The Balaban J connectivity index is 1.81. The molecule has 0 saturated heterocycles. The average Bonchev–Trinajstić information content (AvgIpc) is 2.88. The Labute approximate surface area is 103 Å². The van der Waals surface area contributed by atoms with Crippen molar-refractivity contribution in [1.82, 2.24) is 15.3 Å². The zero-order valence-electron chi connectivity index (χ0n) is 9.49. The first kappa shape index (κ1) is 11.7. The van der Waals surface area contributed by atoms with Crippen LogP contribution < -0.4 is 11.1 Å². The summed E-state index contributed by atoms with van der Waals surface area (Å²) in [5.74, 6) is -0.145. The molecule has 0 fully saturated rings. The predicted octanol–water partition coefficient (Wildman–Crippen LogP) is 1.33. The van der Waals surface area contributed by atoms with Gasteiger partial charge < -0.3 is 16.0 Å². The van der Waals surface area contributed by atoms with E-state index in [2.05, 4.69) is 15.3 Å². The zero-order valence-corrected chi connectivity index (χ0v) is 10.3. The number of amides is 1. The van der Waals surface area contributed by atoms with E-state index in [1.165, 1.54) is 0 Å². The van der Waals surface area contributed by atoms with Crippen molar-refractivity contribution in [2.24, 2.45) is 0 Å². The van der Waals surface area contributed by atoms with Crippen LogP contribution in [-0.4, -0.2) is 22.4 Å². The second-order valence-corrected chi connectivity index (χ2v) is 4.77. The molecule has 2 aromatic heterocycles. The van der Waals surface area contributed by atoms with Crippen LogP contribution in [0.3, 0.4) is 0 Å². The van der Waals surface area contributed by atoms with E-state index in [-0.39, 0.29) is 5.91 Å². The molecule has 0 aliphatic heterocycles. The topological polar surface area (TPSA) is 83.8 Å². The number of nitrogens with two attached hydrogens (primary N) is 1. The average molecular weight is 250 g/mol. The molecule has 0 aromatic carbocycles. The summed E-state index contributed by atoms with van der Waals surface area (Å²) in [4.78, 5) is 18.8. The van der Waals surface area contributed by atoms with Gasteiger partial charge in [-0.2, -0.15) is 0 Å². The van der Waals surface area contributed by atoms with Gasteiger partial charge in [0.25, 0.3) is 5.91 Å². The van der Waals surface area contributed by atoms with Crippen LogP contribution in [0.15, 0.2) is 17.6 Å². The number of hydrogen-bond donors (Lipinski definition) is 3. The highest BCUT2D eigenvalue weighted by atomic mass is 32.1. The number of nitrogens with one attached hydrogen (secondary N) is 2. The molecular weight excluding hydrogens is 236 g/mol. The Kier molecular flexibility index (Phi) is 3.43. The van der Waals surface area contributed by atoms with Crippen LogP contribution in [0, 0.1) is 6.92 Å². The molecule has 5 nitrogen and oxygen atoms in total. The summed E-state index contributed by atoms with van der Waals surface area (Å²) in [6, 6.07) is 1.61. The van der Waals surface area contributed by atoms with Gasteiger partial charge in [0.15, 0.2) is 0 Å². The number of nitrogens with zero attached hydrogens (tertiary/aromatic N) is 1. The summed E-state index contributed by atoms with van der Waals surface area (Å²) in [5, 5.41) is 5.86. The molecule has 90 valence electrons. The van der Waals surface area contributed by atoms with E-state index in [4.69, 9.17) is 5.73 Å². The Morgan fingerprint density at radius 3 is 3.06 bits per heavy atom. The van der Waals surface area contributed by atoms with Gasteiger partial charge >= 0.3 is 0 Å². The SMILES string of the molecule is Cc1nc(CCNC(=O)c2cc(N)c[nH]2)cs1. The third-order valence-electron chi connectivity index (χ3n) is 2.28. The Morgan fingerprint density at radius 2 is 2.47 bits per heavy atom. The lowest BCUT2D eigenvalue weighted by Crippen LogP contribution is -2.26. The molecule has 0 aliphatic carbocycles. The third kappa shape index (κ3) is 3.07. The molecule has 0 radical (unpaired) electrons. The summed E-state index contributed by atoms with van der Waals surface area (Å²) in [6.07, 6.45) is 2.34. The first-order chi connectivity index (χ1) is 8.15. The van der Waals surface area contributed by atoms with Crippen molar-refractivity contribution in [3.63, 3.8) is 0 Å². The van der Waals surface area contributed by atoms with E-state index in [0.29, 0.717) is 17.9 Å². The monoisotopic (exact) mass is 250 g/mol. The summed E-state index contributed by atoms with van der Waals surface area (Å²) >= 11 is 1.62. The highest BCUT2D eigenvalue weighted by Gasteiger charge is 2.07. The van der Waals surface area contributed by atoms with Crippen LogP contribution in [-0.2, 0) is 6.42 Å². The minimum Gasteiger partial charge on any atom is -0.397 e. The van der Waals surface area contributed by atoms with Gasteiger partial charge in [0.2, 0.25) is 0 Å². The van der Waals surface area contributed by atoms with Gasteiger partial charge in [-0.05, 0) is 13.0 Å². The molecule has 4 N–H and O–H groups in total. The van der Waals surface area contributed by atoms with Crippen molar-refractivity contribution >= 4 is 22.9 Å². The summed E-state index contributed by atoms with van der Waals surface area (Å²) < 4.78 is 0. The number of aromatic nitrogens is 2. The number of aromatic amines is 1. The first-order valence-electron chi connectivity index (χ1n) is 5.28. The van der Waals surface area contributed by atoms with Crippen LogP contribution in [0.1, 0.15) is 21.2 Å². The molecule has 1 amide bonds. The zero-order chi connectivity index (χ0) is 12.3. The molecular formula is C11H14N4OS. The number of aryl methyl sites for hydroxylation is 1. The lowest BCUT2D eigenvalue weighted by molar-refractivity contribution is 0.0949. The number of rotatable bonds is 4. The number of hydrogen-bond acceptors (Lipinski definition) is 4. The van der Waals surface area contributed by atoms with Crippen molar-refractivity contribution < 1.29 is 4.79 Å². The van der Waals surface area contributed by atoms with E-state index >= 15 is 0 Å². The van der Waals surface area contributed by atoms with Gasteiger partial charge in [-0.1, -0.05) is 0 Å². The fraction of sp³-hybridized carbons (Fsp3) is 0.273. The smallest absolute Gasteiger partial charge is 0.267 e. The molecule has 6 heteroatoms. The molecule has 0 saturated carbocycles. The van der Waals surface area contributed by atoms with Gasteiger partial charge in [-0.25, -0.2) is 4.98 Å². The van der Waals surface area contributed by atoms with Crippen molar-refractivity contribution in [3.05, 3.63) is 34.0 Å². The van der Waals surface area contributed by atoms with Gasteiger partial charge in [0.1, 0.15) is 5.69 Å². The lowest BCUT2D eigenvalue weighted by Gasteiger charge is -2.01. The Morgan fingerprint density at radius 1 is 1.65 bits per heavy atom. The number of anilines is 1. The van der Waals surface area contributed by atoms with Crippen LogP contribution in [0.25, 0.3) is 0 Å². The second-order valence-electron chi connectivity index (χ2n) is 3.71. The van der Waals surface area contributed by atoms with E-state index < -0.39 is 0 Å². The van der Waals surface area contributed by atoms with E-state index in [1.807, 2.05) is 12.3 Å². The van der Waals surface area contributed by atoms with E-state index in [1.54, 1.807) is 23.6 Å². The van der Waals surface area contributed by atoms with Crippen LogP contribution in [0.4, 0.5) is 5.69 Å². The molecule has 0 aliphatic rings. The Bertz CT molecular complexity index is 517. The van der Waals surface area contributed by atoms with Gasteiger partial charge in [0.05, 0.1) is 10.7 Å². The van der Waals surface area contributed by atoms with Crippen molar-refractivity contribution in [2.45, 2.75) is 13.3 Å². The normalized spacial score (nSPS) is 10.4. The summed E-state index contributed by atoms with van der Waals surface area (Å²) in [6.45, 7) is 2.54. The molecule has 2 heterocycles. The molecule has 17 heavy (non-hydrogen) atoms. The third-order valence-corrected chi connectivity index (χ3v) is 3.11. The maximum Gasteiger partial charge on any atom is 0.267 e. The molecule has 0 spiro atoms. The number of carbonyl (C=O) groups is 1. The molecule has 0 bridgehead atoms. The Hall–Kier alpha value is -1.82. The fourth-order valence-corrected chi connectivity index (χ4v) is 2.11. The minimum absolute atomic E-state index is 0.145. The highest BCUT2D eigenvalue weighted by Crippen LogP contribution is 2.08. The molecule has 2 rings (SSSR count). The van der Waals surface area contributed by atoms with Crippen molar-refractivity contribution in [2.75, 3.05) is 12.3 Å². The van der Waals surface area contributed by atoms with Crippen molar-refractivity contribution in [1.29, 1.82) is 0 Å². The van der Waals surface area contributed by atoms with E-state index in [0.717, 1.165) is 17.1 Å². The second kappa shape index (κ2) is 5.01. The number of nitrogen functional groups attached to an aromatic ring is 1. The predicted molar refractivity (Wildman–Crippen MR) is 68.1 cm³/mol. The maximum absolute atomic E-state index is 11.6. The maximum atomic E-state index is 11.6. The quantitative estimate of drug-likeness (QED) is 0.765. The number of H-pyrrole nitrogens is 1. The van der Waals surface area contributed by atoms with Crippen LogP contribution in [0.5, 0.6) is 0 Å². The molecule has 2 aromatic rings. The molecule has 0 unspecified atom stereocenters. The highest BCUT2D eigenvalue weighted by molar-refractivity contribution is 7.09. The summed E-state index contributed by atoms with van der Waals surface area (Å²) in [5.41, 5.74) is 7.58. The van der Waals surface area contributed by atoms with Crippen LogP contribution in [0.2, 0.25) is 0 Å². The standard InChI is InChI=1S/C11H14N4OS/c1-7-15-9(6-17-7)2-3-13-11(16)10-4-8(12)5-14-10/h4-6,14H,2-3,12H2,1H3,(H,13,16). The van der Waals surface area contributed by atoms with Gasteiger partial charge in [-0.15, -0.1) is 11.3 Å². The molecule has 0 atom stereocenters. The van der Waals surface area contributed by atoms with Crippen molar-refractivity contribution in [3.8, 4) is 0 Å². The van der Waals surface area contributed by atoms with Gasteiger partial charge in [0, 0.05) is 30.2 Å².